The zero-order chi connectivity index (χ0) is 60.8. The number of piperazine rings is 1. The minimum Gasteiger partial charge on any atom is -0.464 e. The van der Waals surface area contributed by atoms with Gasteiger partial charge in [-0.05, 0) is 135 Å². The number of carbonyl (C=O) groups excluding carboxylic acids is 3. The van der Waals surface area contributed by atoms with Gasteiger partial charge < -0.3 is 38.8 Å². The number of fused-ring (bicyclic) bond motifs is 6. The molecule has 3 unspecified atom stereocenters. The van der Waals surface area contributed by atoms with Gasteiger partial charge in [0, 0.05) is 74.4 Å². The number of aliphatic hydroxyl groups excluding tert-OH is 1. The molecule has 5 aliphatic heterocycles. The third-order valence-corrected chi connectivity index (χ3v) is 19.3. The van der Waals surface area contributed by atoms with Crippen molar-refractivity contribution in [1.82, 2.24) is 54.4 Å². The number of halogens is 5. The zero-order valence-electron chi connectivity index (χ0n) is 49.6. The number of hydrogen-bond acceptors (Lipinski definition) is 17. The van der Waals surface area contributed by atoms with E-state index in [4.69, 9.17) is 33.9 Å². The summed E-state index contributed by atoms with van der Waals surface area (Å²) in [4.78, 5) is 62.6. The zero-order valence-corrected chi connectivity index (χ0v) is 50.4. The number of pyridine rings is 1. The number of aryl methyl sites for hydroxylation is 2. The number of hydrogen-bond donors (Lipinski definition) is 1. The second kappa shape index (κ2) is 23.0. The van der Waals surface area contributed by atoms with Gasteiger partial charge in [0.2, 0.25) is 5.91 Å². The van der Waals surface area contributed by atoms with Crippen LogP contribution in [0.5, 0.6) is 6.01 Å². The van der Waals surface area contributed by atoms with Crippen LogP contribution in [0.3, 0.4) is 0 Å². The number of ether oxygens (including phenoxy) is 4. The summed E-state index contributed by atoms with van der Waals surface area (Å²) >= 11 is 1.14. The number of β-amino-alcohol motifs (C(OH)–C–C–N with tert-alkyl or cyclic N) is 1. The monoisotopic (exact) mass is 1220 g/mol. The lowest BCUT2D eigenvalue weighted by molar-refractivity contribution is -0.154. The van der Waals surface area contributed by atoms with Crippen molar-refractivity contribution in [3.05, 3.63) is 47.5 Å². The Hall–Kier alpha value is -6.38. The van der Waals surface area contributed by atoms with Crippen molar-refractivity contribution in [3.8, 4) is 17.3 Å². The Morgan fingerprint density at radius 3 is 2.40 bits per heavy atom. The van der Waals surface area contributed by atoms with Crippen LogP contribution in [-0.4, -0.2) is 172 Å². The van der Waals surface area contributed by atoms with Gasteiger partial charge in [0.1, 0.15) is 34.9 Å². The van der Waals surface area contributed by atoms with Crippen LogP contribution in [0.2, 0.25) is 0 Å². The summed E-state index contributed by atoms with van der Waals surface area (Å²) in [5.74, 6) is -3.43. The van der Waals surface area contributed by atoms with E-state index < -0.39 is 71.6 Å². The van der Waals surface area contributed by atoms with E-state index in [0.717, 1.165) is 43.4 Å². The normalized spacial score (nSPS) is 25.0. The van der Waals surface area contributed by atoms with E-state index in [2.05, 4.69) is 25.2 Å². The minimum atomic E-state index is -4.78. The highest BCUT2D eigenvalue weighted by atomic mass is 32.1. The predicted molar refractivity (Wildman–Crippen MR) is 309 cm³/mol. The average Bonchev–Trinajstić information content (AvgIpc) is 1.55. The van der Waals surface area contributed by atoms with E-state index >= 15 is 22.0 Å². The molecule has 10 heterocycles. The Kier molecular flexibility index (Phi) is 16.0. The van der Waals surface area contributed by atoms with Crippen LogP contribution in [0, 0.1) is 24.2 Å². The molecule has 6 aliphatic rings. The summed E-state index contributed by atoms with van der Waals surface area (Å²) in [6.07, 6.45) is 4.65. The van der Waals surface area contributed by atoms with Gasteiger partial charge in [-0.25, -0.2) is 27.7 Å². The van der Waals surface area contributed by atoms with Gasteiger partial charge in [-0.3, -0.25) is 14.7 Å². The number of carbonyl (C=O) groups is 3. The number of aromatic nitrogens is 8. The van der Waals surface area contributed by atoms with E-state index in [1.807, 2.05) is 34.6 Å². The highest BCUT2D eigenvalue weighted by Crippen LogP contribution is 2.61. The van der Waals surface area contributed by atoms with E-state index in [0.29, 0.717) is 95.8 Å². The third kappa shape index (κ3) is 11.4. The third-order valence-electron chi connectivity index (χ3n) is 18.2. The van der Waals surface area contributed by atoms with Crippen LogP contribution in [0.15, 0.2) is 30.7 Å². The van der Waals surface area contributed by atoms with Gasteiger partial charge in [-0.15, -0.1) is 16.4 Å². The molecule has 1 N–H and O–H groups in total. The molecule has 1 aliphatic carbocycles. The Morgan fingerprint density at radius 2 is 1.73 bits per heavy atom. The molecule has 6 fully saturated rings. The summed E-state index contributed by atoms with van der Waals surface area (Å²) < 4.78 is 105. The van der Waals surface area contributed by atoms with Gasteiger partial charge in [-0.2, -0.15) is 28.2 Å². The molecule has 1 aromatic carbocycles. The van der Waals surface area contributed by atoms with Gasteiger partial charge in [0.05, 0.1) is 69.0 Å². The number of piperidine rings is 1. The molecule has 5 aromatic heterocycles. The number of aliphatic hydroxyl groups is 1. The molecule has 464 valence electrons. The second-order valence-electron chi connectivity index (χ2n) is 25.8. The summed E-state index contributed by atoms with van der Waals surface area (Å²) in [6, 6.07) is 0.969. The molecule has 2 amide bonds. The van der Waals surface area contributed by atoms with Crippen LogP contribution < -0.4 is 9.64 Å². The van der Waals surface area contributed by atoms with Crippen LogP contribution in [0.25, 0.3) is 42.5 Å². The fourth-order valence-electron chi connectivity index (χ4n) is 13.9. The van der Waals surface area contributed by atoms with Crippen molar-refractivity contribution in [1.29, 1.82) is 0 Å². The standard InChI is InChI=1S/C60H75F5N12O8S/c1-8-82-54(80)43-24-39(78)29-74(43)53(79)49(33(2)3)75-26-36(70-71-75)13-12-35-17-20-72(21-18-35)31-58(30-59(58,61)62)32-84-55-68-51(73-27-37-14-15-38(28-73)76(37)56(81)85-57(5,6)7)46-40-16-19-66-48(50(40)86-52(46)69-55)45-41-25-67-77(44-11-9-10-22-83-44)42(41)23-34(4)47(45)60(63,64)65/h16,19,23,25-26,33,35,37-39,43-44,49,78H,8-15,17-18,20-22,24,27-32H2,1-7H3/t37?,38?,39-,43+,44?,49+,58-/m1/s1. The predicted octanol–water partition coefficient (Wildman–Crippen LogP) is 9.93. The Morgan fingerprint density at radius 1 is 0.988 bits per heavy atom. The number of amides is 2. The highest BCUT2D eigenvalue weighted by Gasteiger charge is 2.72. The second-order valence-corrected chi connectivity index (χ2v) is 26.8. The Balaban J connectivity index is 0.789. The number of alkyl halides is 5. The van der Waals surface area contributed by atoms with Crippen LogP contribution >= 0.6 is 11.3 Å². The number of anilines is 1. The molecule has 26 heteroatoms. The van der Waals surface area contributed by atoms with Crippen molar-refractivity contribution < 1.29 is 60.4 Å². The Labute approximate surface area is 498 Å². The number of rotatable bonds is 16. The summed E-state index contributed by atoms with van der Waals surface area (Å²) in [7, 11) is 0. The van der Waals surface area contributed by atoms with E-state index in [9.17, 15) is 19.5 Å². The molecule has 5 saturated heterocycles. The number of benzene rings is 1. The largest absolute Gasteiger partial charge is 0.464 e. The fourth-order valence-corrected chi connectivity index (χ4v) is 15.1. The number of thiophene rings is 1. The first-order valence-electron chi connectivity index (χ1n) is 30.2. The number of likely N-dealkylation sites (tertiary alicyclic amines) is 2. The van der Waals surface area contributed by atoms with E-state index in [1.54, 1.807) is 28.8 Å². The van der Waals surface area contributed by atoms with Crippen molar-refractivity contribution in [2.75, 3.05) is 64.0 Å². The molecule has 6 aromatic rings. The molecule has 20 nitrogen and oxygen atoms in total. The van der Waals surface area contributed by atoms with Crippen LogP contribution in [0.4, 0.5) is 32.6 Å². The smallest absolute Gasteiger partial charge is 0.417 e. The van der Waals surface area contributed by atoms with Crippen molar-refractivity contribution in [2.45, 2.75) is 173 Å². The van der Waals surface area contributed by atoms with Crippen molar-refractivity contribution in [2.24, 2.45) is 17.3 Å². The van der Waals surface area contributed by atoms with Gasteiger partial charge >= 0.3 is 24.2 Å². The lowest BCUT2D eigenvalue weighted by Crippen LogP contribution is -2.57. The topological polar surface area (TPSA) is 209 Å². The Bertz CT molecular complexity index is 3520. The van der Waals surface area contributed by atoms with Gasteiger partial charge in [0.15, 0.2) is 6.23 Å². The average molecular weight is 1220 g/mol. The molecule has 1 saturated carbocycles. The fraction of sp³-hybridized carbons (Fsp3) is 0.650. The van der Waals surface area contributed by atoms with Crippen LogP contribution in [0.1, 0.15) is 135 Å². The molecule has 2 bridgehead atoms. The molecule has 86 heavy (non-hydrogen) atoms. The molecular formula is C60H75F5N12O8S. The van der Waals surface area contributed by atoms with Gasteiger partial charge in [0.25, 0.3) is 5.92 Å². The summed E-state index contributed by atoms with van der Waals surface area (Å²) in [6.45, 7) is 14.6. The first-order valence-corrected chi connectivity index (χ1v) is 31.1. The summed E-state index contributed by atoms with van der Waals surface area (Å²) in [5.41, 5.74) is -1.93. The summed E-state index contributed by atoms with van der Waals surface area (Å²) in [5, 5.41) is 25.1. The van der Waals surface area contributed by atoms with Crippen molar-refractivity contribution in [3.63, 3.8) is 0 Å². The van der Waals surface area contributed by atoms with E-state index in [1.165, 1.54) is 35.0 Å². The highest BCUT2D eigenvalue weighted by molar-refractivity contribution is 7.26. The molecule has 7 atom stereocenters. The maximum absolute atomic E-state index is 15.9. The molecule has 12 rings (SSSR count). The maximum atomic E-state index is 15.9. The van der Waals surface area contributed by atoms with E-state index in [-0.39, 0.29) is 90.8 Å². The molecule has 0 spiro atoms. The first-order chi connectivity index (χ1) is 40.9. The first kappa shape index (κ1) is 59.9. The molecule has 0 radical (unpaired) electrons. The maximum Gasteiger partial charge on any atom is 0.417 e. The lowest BCUT2D eigenvalue weighted by atomic mass is 9.91. The van der Waals surface area contributed by atoms with Gasteiger partial charge in [-0.1, -0.05) is 19.1 Å². The van der Waals surface area contributed by atoms with Crippen LogP contribution in [-0.2, 0) is 36.4 Å². The SMILES string of the molecule is CCOC(=O)[C@@H]1C[C@@H](O)CN1C(=O)[C@H](C(C)C)n1cc(CCC2CCN(C[C@@]3(COc4nc(N5CC6CCC(C5)N6C(=O)OC(C)(C)C)c5c(n4)sc4c(-c6c(C(F)(F)F)c(C)cc7c6cnn7C6CCCCO6)nccc45)CC3(F)F)CC2)nn1. The number of esters is 1. The quantitative estimate of drug-likeness (QED) is 0.0706. The van der Waals surface area contributed by atoms with Crippen molar-refractivity contribution >= 4 is 66.3 Å². The number of nitrogens with zero attached hydrogens (tertiary/aromatic N) is 12. The minimum absolute atomic E-state index is 0.00193. The lowest BCUT2D eigenvalue weighted by Gasteiger charge is -2.42. The molecular weight excluding hydrogens is 1140 g/mol.